The van der Waals surface area contributed by atoms with E-state index in [1.54, 1.807) is 45.0 Å². The Labute approximate surface area is 101 Å². The minimum atomic E-state index is -0.509. The van der Waals surface area contributed by atoms with Gasteiger partial charge in [-0.3, -0.25) is 5.32 Å². The maximum absolute atomic E-state index is 11.3. The molecule has 0 spiro atoms. The zero-order valence-electron chi connectivity index (χ0n) is 10.3. The van der Waals surface area contributed by atoms with Crippen LogP contribution >= 0.6 is 0 Å². The van der Waals surface area contributed by atoms with Crippen molar-refractivity contribution in [2.75, 3.05) is 12.5 Å². The first-order chi connectivity index (χ1) is 7.87. The monoisotopic (exact) mass is 238 g/mol. The fourth-order valence-corrected chi connectivity index (χ4v) is 1.06. The highest BCUT2D eigenvalue weighted by molar-refractivity contribution is 5.67. The molecule has 0 saturated heterocycles. The number of benzene rings is 1. The van der Waals surface area contributed by atoms with E-state index in [1.165, 1.54) is 0 Å². The van der Waals surface area contributed by atoms with Gasteiger partial charge in [0.15, 0.2) is 6.73 Å². The molecule has 0 atom stereocenters. The molecule has 0 aliphatic rings. The molecular weight excluding hydrogens is 220 g/mol. The van der Waals surface area contributed by atoms with E-state index in [1.807, 2.05) is 0 Å². The molecular formula is C12H18N2O3. The van der Waals surface area contributed by atoms with Gasteiger partial charge < -0.3 is 15.2 Å². The highest BCUT2D eigenvalue weighted by Gasteiger charge is 2.15. The van der Waals surface area contributed by atoms with E-state index in [-0.39, 0.29) is 6.73 Å². The minimum Gasteiger partial charge on any atom is -0.473 e. The predicted octanol–water partition coefficient (Wildman–Crippen LogP) is 2.13. The smallest absolute Gasteiger partial charge is 0.410 e. The molecule has 0 radical (unpaired) electrons. The number of ether oxygens (including phenoxy) is 2. The predicted molar refractivity (Wildman–Crippen MR) is 65.7 cm³/mol. The Kier molecular flexibility index (Phi) is 4.20. The average molecular weight is 238 g/mol. The van der Waals surface area contributed by atoms with Crippen LogP contribution in [-0.4, -0.2) is 18.4 Å². The maximum Gasteiger partial charge on any atom is 0.410 e. The lowest BCUT2D eigenvalue weighted by Gasteiger charge is -2.19. The molecule has 1 rings (SSSR count). The van der Waals surface area contributed by atoms with Gasteiger partial charge in [0.25, 0.3) is 0 Å². The van der Waals surface area contributed by atoms with Crippen LogP contribution in [0.25, 0.3) is 0 Å². The Balaban J connectivity index is 2.28. The first kappa shape index (κ1) is 13.2. The zero-order valence-corrected chi connectivity index (χ0v) is 10.3. The molecule has 0 aromatic heterocycles. The van der Waals surface area contributed by atoms with Crippen molar-refractivity contribution in [2.45, 2.75) is 26.4 Å². The highest BCUT2D eigenvalue weighted by Crippen LogP contribution is 2.12. The summed E-state index contributed by atoms with van der Waals surface area (Å²) in [5, 5.41) is 2.49. The van der Waals surface area contributed by atoms with Gasteiger partial charge in [0, 0.05) is 5.69 Å². The first-order valence-corrected chi connectivity index (χ1v) is 5.32. The summed E-state index contributed by atoms with van der Waals surface area (Å²) in [5.74, 6) is 0.634. The molecule has 3 N–H and O–H groups in total. The summed E-state index contributed by atoms with van der Waals surface area (Å²) in [7, 11) is 0. The second-order valence-corrected chi connectivity index (χ2v) is 4.54. The van der Waals surface area contributed by atoms with E-state index in [0.29, 0.717) is 11.4 Å². The Morgan fingerprint density at radius 3 is 2.41 bits per heavy atom. The van der Waals surface area contributed by atoms with E-state index >= 15 is 0 Å². The number of hydrogen-bond donors (Lipinski definition) is 2. The van der Waals surface area contributed by atoms with Gasteiger partial charge in [-0.1, -0.05) is 0 Å². The van der Waals surface area contributed by atoms with Crippen LogP contribution < -0.4 is 15.8 Å². The number of nitrogen functional groups attached to an aromatic ring is 1. The molecule has 0 fully saturated rings. The van der Waals surface area contributed by atoms with Crippen molar-refractivity contribution >= 4 is 11.8 Å². The second-order valence-electron chi connectivity index (χ2n) is 4.54. The van der Waals surface area contributed by atoms with E-state index in [0.717, 1.165) is 0 Å². The van der Waals surface area contributed by atoms with E-state index in [9.17, 15) is 4.79 Å². The van der Waals surface area contributed by atoms with Crippen LogP contribution in [0, 0.1) is 0 Å². The van der Waals surface area contributed by atoms with Gasteiger partial charge in [-0.25, -0.2) is 4.79 Å². The van der Waals surface area contributed by atoms with Crippen molar-refractivity contribution in [3.8, 4) is 5.75 Å². The molecule has 0 heterocycles. The summed E-state index contributed by atoms with van der Waals surface area (Å²) in [5.41, 5.74) is 5.68. The number of rotatable bonds is 3. The third-order valence-electron chi connectivity index (χ3n) is 1.73. The fraction of sp³-hybridized carbons (Fsp3) is 0.417. The van der Waals surface area contributed by atoms with Crippen molar-refractivity contribution in [2.24, 2.45) is 0 Å². The summed E-state index contributed by atoms with van der Waals surface area (Å²) < 4.78 is 10.3. The third-order valence-corrected chi connectivity index (χ3v) is 1.73. The van der Waals surface area contributed by atoms with Crippen LogP contribution in [0.2, 0.25) is 0 Å². The van der Waals surface area contributed by atoms with Crippen LogP contribution in [0.1, 0.15) is 20.8 Å². The van der Waals surface area contributed by atoms with Crippen LogP contribution in [0.4, 0.5) is 10.5 Å². The van der Waals surface area contributed by atoms with Crippen LogP contribution in [-0.2, 0) is 4.74 Å². The maximum atomic E-state index is 11.3. The lowest BCUT2D eigenvalue weighted by atomic mass is 10.2. The number of anilines is 1. The van der Waals surface area contributed by atoms with Gasteiger partial charge in [-0.2, -0.15) is 0 Å². The molecule has 5 heteroatoms. The zero-order chi connectivity index (χ0) is 12.9. The van der Waals surface area contributed by atoms with Crippen molar-refractivity contribution < 1.29 is 14.3 Å². The van der Waals surface area contributed by atoms with Gasteiger partial charge in [0.05, 0.1) is 0 Å². The number of alkyl carbamates (subject to hydrolysis) is 1. The standard InChI is InChI=1S/C12H18N2O3/c1-12(2,3)17-11(15)14-8-16-10-6-4-9(13)5-7-10/h4-7H,8,13H2,1-3H3,(H,14,15). The van der Waals surface area contributed by atoms with E-state index in [2.05, 4.69) is 5.32 Å². The molecule has 1 amide bonds. The van der Waals surface area contributed by atoms with Gasteiger partial charge in [-0.05, 0) is 45.0 Å². The number of hydrogen-bond acceptors (Lipinski definition) is 4. The quantitative estimate of drug-likeness (QED) is 0.625. The molecule has 0 aliphatic carbocycles. The molecule has 0 saturated carbocycles. The largest absolute Gasteiger partial charge is 0.473 e. The molecule has 0 bridgehead atoms. The van der Waals surface area contributed by atoms with Crippen LogP contribution in [0.3, 0.4) is 0 Å². The molecule has 0 aliphatic heterocycles. The molecule has 1 aromatic carbocycles. The Bertz CT molecular complexity index is 368. The fourth-order valence-electron chi connectivity index (χ4n) is 1.06. The number of carbonyl (C=O) groups excluding carboxylic acids is 1. The normalized spacial score (nSPS) is 10.8. The van der Waals surface area contributed by atoms with Gasteiger partial charge in [-0.15, -0.1) is 0 Å². The Morgan fingerprint density at radius 2 is 1.88 bits per heavy atom. The average Bonchev–Trinajstić information content (AvgIpc) is 2.18. The summed E-state index contributed by atoms with van der Waals surface area (Å²) in [6.45, 7) is 5.45. The second kappa shape index (κ2) is 5.43. The number of carbonyl (C=O) groups is 1. The summed E-state index contributed by atoms with van der Waals surface area (Å²) in [6, 6.07) is 6.91. The van der Waals surface area contributed by atoms with E-state index in [4.69, 9.17) is 15.2 Å². The number of amides is 1. The number of nitrogens with two attached hydrogens (primary N) is 1. The Hall–Kier alpha value is -1.91. The number of nitrogens with one attached hydrogen (secondary N) is 1. The molecule has 17 heavy (non-hydrogen) atoms. The lowest BCUT2D eigenvalue weighted by molar-refractivity contribution is 0.0485. The first-order valence-electron chi connectivity index (χ1n) is 5.32. The van der Waals surface area contributed by atoms with Gasteiger partial charge in [0.2, 0.25) is 0 Å². The highest BCUT2D eigenvalue weighted by atomic mass is 16.6. The van der Waals surface area contributed by atoms with Crippen LogP contribution in [0.5, 0.6) is 5.75 Å². The molecule has 0 unspecified atom stereocenters. The third kappa shape index (κ3) is 5.65. The van der Waals surface area contributed by atoms with Gasteiger partial charge in [0.1, 0.15) is 11.4 Å². The van der Waals surface area contributed by atoms with Crippen molar-refractivity contribution in [1.82, 2.24) is 5.32 Å². The molecule has 94 valence electrons. The van der Waals surface area contributed by atoms with Gasteiger partial charge >= 0.3 is 6.09 Å². The Morgan fingerprint density at radius 1 is 1.29 bits per heavy atom. The van der Waals surface area contributed by atoms with Crippen molar-refractivity contribution in [3.63, 3.8) is 0 Å². The lowest BCUT2D eigenvalue weighted by Crippen LogP contribution is -2.34. The minimum absolute atomic E-state index is 0.0544. The van der Waals surface area contributed by atoms with Crippen molar-refractivity contribution in [3.05, 3.63) is 24.3 Å². The summed E-state index contributed by atoms with van der Waals surface area (Å²) >= 11 is 0. The SMILES string of the molecule is CC(C)(C)OC(=O)NCOc1ccc(N)cc1. The molecule has 1 aromatic rings. The van der Waals surface area contributed by atoms with Crippen molar-refractivity contribution in [1.29, 1.82) is 0 Å². The molecule has 5 nitrogen and oxygen atoms in total. The summed E-state index contributed by atoms with van der Waals surface area (Å²) in [4.78, 5) is 11.3. The summed E-state index contributed by atoms with van der Waals surface area (Å²) in [6.07, 6.45) is -0.507. The topological polar surface area (TPSA) is 73.6 Å². The van der Waals surface area contributed by atoms with E-state index < -0.39 is 11.7 Å². The van der Waals surface area contributed by atoms with Crippen LogP contribution in [0.15, 0.2) is 24.3 Å².